The van der Waals surface area contributed by atoms with Gasteiger partial charge in [-0.3, -0.25) is 10.1 Å². The first kappa shape index (κ1) is 14.5. The summed E-state index contributed by atoms with van der Waals surface area (Å²) in [6, 6.07) is 14.8. The second-order valence-corrected chi connectivity index (χ2v) is 4.39. The first-order valence-electron chi connectivity index (χ1n) is 6.26. The van der Waals surface area contributed by atoms with Gasteiger partial charge in [-0.1, -0.05) is 30.3 Å². The van der Waals surface area contributed by atoms with Crippen molar-refractivity contribution in [3.05, 3.63) is 69.8 Å². The molecule has 0 spiro atoms. The largest absolute Gasteiger partial charge is 0.394 e. The zero-order valence-electron chi connectivity index (χ0n) is 11.1. The number of hydrogen-bond acceptors (Lipinski definition) is 5. The van der Waals surface area contributed by atoms with E-state index in [-0.39, 0.29) is 23.9 Å². The molecule has 6 heteroatoms. The molecule has 0 fully saturated rings. The molecule has 2 aromatic carbocycles. The van der Waals surface area contributed by atoms with Gasteiger partial charge in [0.15, 0.2) is 0 Å². The van der Waals surface area contributed by atoms with E-state index in [4.69, 9.17) is 5.26 Å². The number of nitrogens with zero attached hydrogens (tertiary/aromatic N) is 2. The van der Waals surface area contributed by atoms with Crippen LogP contribution in [0.2, 0.25) is 0 Å². The lowest BCUT2D eigenvalue weighted by atomic mass is 10.1. The minimum absolute atomic E-state index is 0.141. The number of aliphatic hydroxyl groups excluding tert-OH is 1. The number of benzene rings is 2. The quantitative estimate of drug-likeness (QED) is 0.649. The molecule has 1 unspecified atom stereocenters. The Kier molecular flexibility index (Phi) is 4.49. The fourth-order valence-corrected chi connectivity index (χ4v) is 1.97. The van der Waals surface area contributed by atoms with Gasteiger partial charge in [0, 0.05) is 12.1 Å². The van der Waals surface area contributed by atoms with E-state index in [9.17, 15) is 15.2 Å². The zero-order chi connectivity index (χ0) is 15.2. The smallest absolute Gasteiger partial charge is 0.270 e. The average molecular weight is 283 g/mol. The molecule has 0 aliphatic rings. The van der Waals surface area contributed by atoms with Crippen LogP contribution in [-0.4, -0.2) is 16.6 Å². The topological polar surface area (TPSA) is 99.2 Å². The molecule has 0 aliphatic heterocycles. The molecule has 0 aliphatic carbocycles. The minimum Gasteiger partial charge on any atom is -0.394 e. The van der Waals surface area contributed by atoms with Crippen LogP contribution in [0.5, 0.6) is 0 Å². The van der Waals surface area contributed by atoms with Gasteiger partial charge in [0.2, 0.25) is 0 Å². The van der Waals surface area contributed by atoms with Crippen LogP contribution in [0.25, 0.3) is 0 Å². The molecule has 2 aromatic rings. The van der Waals surface area contributed by atoms with Crippen molar-refractivity contribution in [2.45, 2.75) is 6.04 Å². The summed E-state index contributed by atoms with van der Waals surface area (Å²) in [7, 11) is 0. The maximum absolute atomic E-state index is 10.7. The van der Waals surface area contributed by atoms with Crippen molar-refractivity contribution < 1.29 is 10.0 Å². The Morgan fingerprint density at radius 2 is 2.00 bits per heavy atom. The molecule has 106 valence electrons. The van der Waals surface area contributed by atoms with Crippen molar-refractivity contribution in [1.29, 1.82) is 5.26 Å². The first-order valence-corrected chi connectivity index (χ1v) is 6.26. The minimum atomic E-state index is -0.550. The summed E-state index contributed by atoms with van der Waals surface area (Å²) in [5.41, 5.74) is 1.34. The van der Waals surface area contributed by atoms with Crippen molar-refractivity contribution in [3.63, 3.8) is 0 Å². The summed E-state index contributed by atoms with van der Waals surface area (Å²) in [5.74, 6) is 0. The molecule has 21 heavy (non-hydrogen) atoms. The maximum Gasteiger partial charge on any atom is 0.270 e. The Labute approximate surface area is 121 Å². The fraction of sp³-hybridized carbons (Fsp3) is 0.133. The van der Waals surface area contributed by atoms with Crippen LogP contribution in [0.15, 0.2) is 48.5 Å². The van der Waals surface area contributed by atoms with Gasteiger partial charge in [-0.15, -0.1) is 0 Å². The van der Waals surface area contributed by atoms with Gasteiger partial charge in [0.05, 0.1) is 28.8 Å². The van der Waals surface area contributed by atoms with Gasteiger partial charge >= 0.3 is 0 Å². The van der Waals surface area contributed by atoms with E-state index in [1.54, 1.807) is 0 Å². The molecule has 2 rings (SSSR count). The highest BCUT2D eigenvalue weighted by atomic mass is 16.6. The Morgan fingerprint density at radius 1 is 1.29 bits per heavy atom. The summed E-state index contributed by atoms with van der Waals surface area (Å²) >= 11 is 0. The van der Waals surface area contributed by atoms with Crippen molar-refractivity contribution in [3.8, 4) is 6.07 Å². The molecule has 0 aromatic heterocycles. The molecule has 0 radical (unpaired) electrons. The van der Waals surface area contributed by atoms with E-state index in [0.29, 0.717) is 5.69 Å². The number of nitriles is 1. The van der Waals surface area contributed by atoms with Crippen LogP contribution >= 0.6 is 0 Å². The summed E-state index contributed by atoms with van der Waals surface area (Å²) in [5, 5.41) is 32.4. The van der Waals surface area contributed by atoms with Gasteiger partial charge in [-0.05, 0) is 11.6 Å². The van der Waals surface area contributed by atoms with Gasteiger partial charge in [0.1, 0.15) is 6.07 Å². The Balaban J connectivity index is 2.30. The maximum atomic E-state index is 10.7. The number of nitrogens with one attached hydrogen (secondary N) is 1. The summed E-state index contributed by atoms with van der Waals surface area (Å²) in [6.45, 7) is -0.161. The molecule has 0 amide bonds. The highest BCUT2D eigenvalue weighted by Gasteiger charge is 2.15. The average Bonchev–Trinajstić information content (AvgIpc) is 2.53. The number of rotatable bonds is 5. The molecular formula is C15H13N3O3. The number of aliphatic hydroxyl groups is 1. The second-order valence-electron chi connectivity index (χ2n) is 4.39. The first-order chi connectivity index (χ1) is 10.2. The van der Waals surface area contributed by atoms with Crippen molar-refractivity contribution in [2.24, 2.45) is 0 Å². The Hall–Kier alpha value is -2.91. The van der Waals surface area contributed by atoms with Crippen LogP contribution in [0, 0.1) is 21.4 Å². The number of hydrogen-bond donors (Lipinski definition) is 2. The van der Waals surface area contributed by atoms with E-state index < -0.39 is 4.92 Å². The summed E-state index contributed by atoms with van der Waals surface area (Å²) < 4.78 is 0. The molecule has 2 N–H and O–H groups in total. The second kappa shape index (κ2) is 6.50. The number of non-ortho nitro benzene ring substituents is 1. The molecular weight excluding hydrogens is 270 g/mol. The predicted molar refractivity (Wildman–Crippen MR) is 77.7 cm³/mol. The van der Waals surface area contributed by atoms with E-state index in [2.05, 4.69) is 5.32 Å². The van der Waals surface area contributed by atoms with E-state index in [0.717, 1.165) is 5.56 Å². The molecule has 0 saturated heterocycles. The van der Waals surface area contributed by atoms with Gasteiger partial charge < -0.3 is 10.4 Å². The monoisotopic (exact) mass is 283 g/mol. The van der Waals surface area contributed by atoms with Crippen molar-refractivity contribution in [2.75, 3.05) is 11.9 Å². The molecule has 1 atom stereocenters. The van der Waals surface area contributed by atoms with E-state index >= 15 is 0 Å². The lowest BCUT2D eigenvalue weighted by Crippen LogP contribution is -2.15. The van der Waals surface area contributed by atoms with Gasteiger partial charge in [-0.25, -0.2) is 0 Å². The summed E-state index contributed by atoms with van der Waals surface area (Å²) in [6.07, 6.45) is 0. The van der Waals surface area contributed by atoms with E-state index in [1.807, 2.05) is 36.4 Å². The normalized spacial score (nSPS) is 11.4. The van der Waals surface area contributed by atoms with Gasteiger partial charge in [-0.2, -0.15) is 5.26 Å². The Morgan fingerprint density at radius 3 is 2.57 bits per heavy atom. The van der Waals surface area contributed by atoms with Crippen LogP contribution in [0.4, 0.5) is 11.4 Å². The van der Waals surface area contributed by atoms with E-state index in [1.165, 1.54) is 18.2 Å². The fourth-order valence-electron chi connectivity index (χ4n) is 1.97. The number of anilines is 1. The molecule has 0 heterocycles. The third kappa shape index (κ3) is 3.35. The third-order valence-electron chi connectivity index (χ3n) is 3.05. The van der Waals surface area contributed by atoms with Gasteiger partial charge in [0.25, 0.3) is 5.69 Å². The van der Waals surface area contributed by atoms with Crippen LogP contribution in [0.3, 0.4) is 0 Å². The lowest BCUT2D eigenvalue weighted by Gasteiger charge is -2.18. The standard InChI is InChI=1S/C15H13N3O3/c16-9-12-8-13(18(20)21)6-7-14(12)17-15(10-19)11-4-2-1-3-5-11/h1-8,15,17,19H,10H2. The van der Waals surface area contributed by atoms with Crippen LogP contribution in [-0.2, 0) is 0 Å². The predicted octanol–water partition coefficient (Wildman–Crippen LogP) is 2.61. The third-order valence-corrected chi connectivity index (χ3v) is 3.05. The zero-order valence-corrected chi connectivity index (χ0v) is 11.1. The number of nitro groups is 1. The van der Waals surface area contributed by atoms with Crippen LogP contribution < -0.4 is 5.32 Å². The number of nitro benzene ring substituents is 1. The van der Waals surface area contributed by atoms with Crippen LogP contribution in [0.1, 0.15) is 17.2 Å². The molecule has 0 bridgehead atoms. The lowest BCUT2D eigenvalue weighted by molar-refractivity contribution is -0.384. The van der Waals surface area contributed by atoms with Crippen molar-refractivity contribution >= 4 is 11.4 Å². The highest BCUT2D eigenvalue weighted by Crippen LogP contribution is 2.25. The summed E-state index contributed by atoms with van der Waals surface area (Å²) in [4.78, 5) is 10.2. The highest BCUT2D eigenvalue weighted by molar-refractivity contribution is 5.62. The SMILES string of the molecule is N#Cc1cc([N+](=O)[O-])ccc1NC(CO)c1ccccc1. The molecule has 6 nitrogen and oxygen atoms in total. The van der Waals surface area contributed by atoms with Crippen molar-refractivity contribution in [1.82, 2.24) is 0 Å². The Bertz CT molecular complexity index is 680. The molecule has 0 saturated carbocycles.